The summed E-state index contributed by atoms with van der Waals surface area (Å²) in [5, 5.41) is 5.12. The van der Waals surface area contributed by atoms with Gasteiger partial charge in [-0.2, -0.15) is 0 Å². The van der Waals surface area contributed by atoms with Gasteiger partial charge in [-0.3, -0.25) is 0 Å². The molecule has 0 saturated heterocycles. The van der Waals surface area contributed by atoms with Crippen LogP contribution in [-0.4, -0.2) is 4.57 Å². The highest BCUT2D eigenvalue weighted by Crippen LogP contribution is 2.51. The molecule has 0 N–H and O–H groups in total. The van der Waals surface area contributed by atoms with E-state index in [1.54, 1.807) is 0 Å². The van der Waals surface area contributed by atoms with Crippen molar-refractivity contribution in [1.29, 1.82) is 0 Å². The summed E-state index contributed by atoms with van der Waals surface area (Å²) < 4.78 is 2.44. The van der Waals surface area contributed by atoms with Crippen molar-refractivity contribution in [3.8, 4) is 39.1 Å². The number of benzene rings is 9. The summed E-state index contributed by atoms with van der Waals surface area (Å²) in [7, 11) is 0. The average molecular weight is 754 g/mol. The fourth-order valence-corrected chi connectivity index (χ4v) is 9.85. The molecule has 1 unspecified atom stereocenters. The van der Waals surface area contributed by atoms with Crippen LogP contribution in [0.25, 0.3) is 77.7 Å². The fraction of sp³-hybridized carbons (Fsp3) is 0.0690. The van der Waals surface area contributed by atoms with Crippen LogP contribution >= 0.6 is 0 Å². The average Bonchev–Trinajstić information content (AvgIpc) is 3.74. The van der Waals surface area contributed by atoms with Gasteiger partial charge in [0.1, 0.15) is 0 Å². The monoisotopic (exact) mass is 753 g/mol. The summed E-state index contributed by atoms with van der Waals surface area (Å²) >= 11 is 0. The van der Waals surface area contributed by atoms with E-state index in [4.69, 9.17) is 0 Å². The third-order valence-corrected chi connectivity index (χ3v) is 12.9. The molecule has 10 aromatic rings. The molecule has 0 saturated carbocycles. The Kier molecular flexibility index (Phi) is 8.13. The first-order valence-electron chi connectivity index (χ1n) is 20.7. The second-order valence-corrected chi connectivity index (χ2v) is 16.6. The zero-order valence-corrected chi connectivity index (χ0v) is 33.4. The Morgan fingerprint density at radius 2 is 0.949 bits per heavy atom. The minimum absolute atomic E-state index is 0.0500. The molecule has 0 amide bonds. The van der Waals surface area contributed by atoms with Gasteiger partial charge in [-0.1, -0.05) is 202 Å². The van der Waals surface area contributed by atoms with Gasteiger partial charge >= 0.3 is 0 Å². The zero-order valence-electron chi connectivity index (χ0n) is 33.4. The molecule has 1 aliphatic rings. The van der Waals surface area contributed by atoms with Crippen LogP contribution in [0, 0.1) is 0 Å². The van der Waals surface area contributed by atoms with E-state index in [-0.39, 0.29) is 11.3 Å². The lowest BCUT2D eigenvalue weighted by Crippen LogP contribution is -2.16. The summed E-state index contributed by atoms with van der Waals surface area (Å²) in [5.41, 5.74) is 18.8. The van der Waals surface area contributed by atoms with E-state index < -0.39 is 0 Å². The SMILES string of the molecule is C=Cc1ccc(-c2ccc(-c3ccc(C(c4ccc5c(c4)C(C)(C)c4cc(-n6c7ccccc7c7ccccc76)ccc4-5)c4cccc5ccccc45)cc3)cc2)cc1. The lowest BCUT2D eigenvalue weighted by atomic mass is 9.78. The number of aromatic nitrogens is 1. The lowest BCUT2D eigenvalue weighted by Gasteiger charge is -2.25. The van der Waals surface area contributed by atoms with Crippen LogP contribution in [0.4, 0.5) is 0 Å². The third-order valence-electron chi connectivity index (χ3n) is 12.9. The molecule has 1 heteroatoms. The second-order valence-electron chi connectivity index (χ2n) is 16.6. The number of nitrogens with zero attached hydrogens (tertiary/aromatic N) is 1. The maximum Gasteiger partial charge on any atom is 0.0541 e. The van der Waals surface area contributed by atoms with Gasteiger partial charge in [-0.15, -0.1) is 0 Å². The molecule has 1 atom stereocenters. The zero-order chi connectivity index (χ0) is 39.7. The summed E-state index contributed by atoms with van der Waals surface area (Å²) in [6, 6.07) is 74.3. The topological polar surface area (TPSA) is 4.93 Å². The van der Waals surface area contributed by atoms with Gasteiger partial charge in [0.05, 0.1) is 11.0 Å². The molecule has 0 radical (unpaired) electrons. The number of fused-ring (bicyclic) bond motifs is 7. The minimum atomic E-state index is -0.192. The first kappa shape index (κ1) is 35.0. The van der Waals surface area contributed by atoms with Gasteiger partial charge < -0.3 is 4.57 Å². The second kappa shape index (κ2) is 13.7. The van der Waals surface area contributed by atoms with Crippen LogP contribution in [-0.2, 0) is 5.41 Å². The Morgan fingerprint density at radius 3 is 1.58 bits per heavy atom. The molecule has 9 aromatic carbocycles. The van der Waals surface area contributed by atoms with E-state index in [2.05, 4.69) is 225 Å². The number of rotatable bonds is 7. The van der Waals surface area contributed by atoms with Gasteiger partial charge in [0.15, 0.2) is 0 Å². The summed E-state index contributed by atoms with van der Waals surface area (Å²) in [6.07, 6.45) is 1.88. The molecule has 1 aromatic heterocycles. The highest BCUT2D eigenvalue weighted by atomic mass is 15.0. The number of para-hydroxylation sites is 2. The van der Waals surface area contributed by atoms with Crippen molar-refractivity contribution in [3.63, 3.8) is 0 Å². The molecule has 0 bridgehead atoms. The predicted octanol–water partition coefficient (Wildman–Crippen LogP) is 15.4. The first-order valence-corrected chi connectivity index (χ1v) is 20.7. The van der Waals surface area contributed by atoms with Crippen LogP contribution in [0.5, 0.6) is 0 Å². The quantitative estimate of drug-likeness (QED) is 0.143. The summed E-state index contributed by atoms with van der Waals surface area (Å²) in [6.45, 7) is 8.70. The molecule has 280 valence electrons. The Morgan fingerprint density at radius 1 is 0.458 bits per heavy atom. The highest BCUT2D eigenvalue weighted by Gasteiger charge is 2.37. The standard InChI is InChI=1S/C58H43N/c1-4-38-20-22-39(23-21-38)40-24-26-41(27-25-40)42-28-30-44(31-29-42)57(52-17-11-13-43-12-5-6-14-47(43)52)45-32-34-48-49-35-33-46(37-54(49)58(2,3)53(48)36-45)59-55-18-9-7-15-50(55)51-16-8-10-19-56(51)59/h4-37,57H,1H2,2-3H3. The van der Waals surface area contributed by atoms with E-state index in [1.165, 1.54) is 99.5 Å². The van der Waals surface area contributed by atoms with Crippen LogP contribution in [0.1, 0.15) is 53.1 Å². The molecule has 0 spiro atoms. The Hall–Kier alpha value is -7.22. The Labute approximate surface area is 346 Å². The van der Waals surface area contributed by atoms with Gasteiger partial charge in [0, 0.05) is 27.8 Å². The van der Waals surface area contributed by atoms with Crippen molar-refractivity contribution >= 4 is 38.7 Å². The van der Waals surface area contributed by atoms with E-state index in [1.807, 2.05) is 6.08 Å². The van der Waals surface area contributed by atoms with Crippen molar-refractivity contribution in [2.75, 3.05) is 0 Å². The van der Waals surface area contributed by atoms with Gasteiger partial charge in [-0.25, -0.2) is 0 Å². The van der Waals surface area contributed by atoms with Crippen LogP contribution in [0.15, 0.2) is 207 Å². The molecular weight excluding hydrogens is 711 g/mol. The first-order chi connectivity index (χ1) is 29.0. The lowest BCUT2D eigenvalue weighted by molar-refractivity contribution is 0.658. The predicted molar refractivity (Wildman–Crippen MR) is 251 cm³/mol. The van der Waals surface area contributed by atoms with Gasteiger partial charge in [0.2, 0.25) is 0 Å². The Bertz CT molecular complexity index is 3170. The number of hydrogen-bond acceptors (Lipinski definition) is 0. The van der Waals surface area contributed by atoms with Crippen LogP contribution < -0.4 is 0 Å². The smallest absolute Gasteiger partial charge is 0.0541 e. The molecule has 0 aliphatic heterocycles. The largest absolute Gasteiger partial charge is 0.309 e. The molecule has 0 fully saturated rings. The summed E-state index contributed by atoms with van der Waals surface area (Å²) in [5.74, 6) is 0.0500. The maximum absolute atomic E-state index is 3.89. The van der Waals surface area contributed by atoms with Crippen molar-refractivity contribution < 1.29 is 0 Å². The molecule has 59 heavy (non-hydrogen) atoms. The molecular formula is C58H43N. The minimum Gasteiger partial charge on any atom is -0.309 e. The van der Waals surface area contributed by atoms with E-state index in [0.29, 0.717) is 0 Å². The Balaban J connectivity index is 0.990. The van der Waals surface area contributed by atoms with Gasteiger partial charge in [0.25, 0.3) is 0 Å². The van der Waals surface area contributed by atoms with Crippen molar-refractivity contribution in [2.24, 2.45) is 0 Å². The highest BCUT2D eigenvalue weighted by molar-refractivity contribution is 6.09. The van der Waals surface area contributed by atoms with Crippen LogP contribution in [0.3, 0.4) is 0 Å². The van der Waals surface area contributed by atoms with Crippen molar-refractivity contribution in [2.45, 2.75) is 25.2 Å². The number of hydrogen-bond donors (Lipinski definition) is 0. The fourth-order valence-electron chi connectivity index (χ4n) is 9.85. The third kappa shape index (κ3) is 5.69. The molecule has 1 heterocycles. The van der Waals surface area contributed by atoms with Crippen LogP contribution in [0.2, 0.25) is 0 Å². The van der Waals surface area contributed by atoms with Crippen molar-refractivity contribution in [3.05, 3.63) is 240 Å². The van der Waals surface area contributed by atoms with E-state index in [0.717, 1.165) is 5.56 Å². The summed E-state index contributed by atoms with van der Waals surface area (Å²) in [4.78, 5) is 0. The molecule has 11 rings (SSSR count). The normalized spacial score (nSPS) is 13.4. The van der Waals surface area contributed by atoms with E-state index in [9.17, 15) is 0 Å². The van der Waals surface area contributed by atoms with Gasteiger partial charge in [-0.05, 0) is 102 Å². The maximum atomic E-state index is 3.89. The molecule has 1 aliphatic carbocycles. The molecule has 1 nitrogen and oxygen atoms in total. The van der Waals surface area contributed by atoms with E-state index >= 15 is 0 Å². The van der Waals surface area contributed by atoms with Crippen molar-refractivity contribution in [1.82, 2.24) is 4.57 Å².